The Morgan fingerprint density at radius 3 is 2.37 bits per heavy atom. The maximum atomic E-state index is 12.1. The van der Waals surface area contributed by atoms with E-state index in [1.165, 1.54) is 18.9 Å². The third kappa shape index (κ3) is 3.05. The van der Waals surface area contributed by atoms with E-state index in [1.54, 1.807) is 7.05 Å². The molecule has 1 amide bonds. The van der Waals surface area contributed by atoms with E-state index >= 15 is 0 Å². The fourth-order valence-electron chi connectivity index (χ4n) is 2.01. The van der Waals surface area contributed by atoms with Crippen molar-refractivity contribution < 1.29 is 19.4 Å². The molecule has 1 rings (SSSR count). The SMILES string of the molecule is COc1cc(C)cc(C)c1N(C)C(=O)C(C)C(=O)O. The molecule has 104 valence electrons. The van der Waals surface area contributed by atoms with Gasteiger partial charge in [0.2, 0.25) is 5.91 Å². The number of hydrogen-bond donors (Lipinski definition) is 1. The summed E-state index contributed by atoms with van der Waals surface area (Å²) < 4.78 is 5.28. The van der Waals surface area contributed by atoms with Crippen molar-refractivity contribution >= 4 is 17.6 Å². The number of aryl methyl sites for hydroxylation is 2. The quantitative estimate of drug-likeness (QED) is 0.845. The van der Waals surface area contributed by atoms with Gasteiger partial charge >= 0.3 is 5.97 Å². The number of ether oxygens (including phenoxy) is 1. The van der Waals surface area contributed by atoms with Gasteiger partial charge in [0.15, 0.2) is 0 Å². The molecule has 5 nitrogen and oxygen atoms in total. The van der Waals surface area contributed by atoms with E-state index in [-0.39, 0.29) is 0 Å². The highest BCUT2D eigenvalue weighted by molar-refractivity contribution is 6.06. The second-order valence-electron chi connectivity index (χ2n) is 4.59. The highest BCUT2D eigenvalue weighted by Gasteiger charge is 2.27. The maximum absolute atomic E-state index is 12.1. The molecule has 0 spiro atoms. The molecule has 0 aromatic heterocycles. The average molecular weight is 265 g/mol. The van der Waals surface area contributed by atoms with Gasteiger partial charge in [-0.3, -0.25) is 9.59 Å². The first-order chi connectivity index (χ1) is 8.79. The van der Waals surface area contributed by atoms with Crippen LogP contribution in [-0.2, 0) is 9.59 Å². The molecular weight excluding hydrogens is 246 g/mol. The van der Waals surface area contributed by atoms with Crippen molar-refractivity contribution in [1.82, 2.24) is 0 Å². The van der Waals surface area contributed by atoms with Gasteiger partial charge in [-0.1, -0.05) is 6.07 Å². The smallest absolute Gasteiger partial charge is 0.315 e. The van der Waals surface area contributed by atoms with E-state index in [9.17, 15) is 9.59 Å². The maximum Gasteiger partial charge on any atom is 0.315 e. The van der Waals surface area contributed by atoms with Gasteiger partial charge < -0.3 is 14.7 Å². The summed E-state index contributed by atoms with van der Waals surface area (Å²) in [6, 6.07) is 3.74. The lowest BCUT2D eigenvalue weighted by Crippen LogP contribution is -2.36. The Balaban J connectivity index is 3.22. The number of amides is 1. The second kappa shape index (κ2) is 5.73. The monoisotopic (exact) mass is 265 g/mol. The van der Waals surface area contributed by atoms with E-state index in [1.807, 2.05) is 26.0 Å². The van der Waals surface area contributed by atoms with E-state index in [0.29, 0.717) is 11.4 Å². The molecule has 0 aliphatic rings. The standard InChI is InChI=1S/C14H19NO4/c1-8-6-9(2)12(11(7-8)19-5)15(4)13(16)10(3)14(17)18/h6-7,10H,1-5H3,(H,17,18). The molecule has 0 saturated carbocycles. The zero-order valence-electron chi connectivity index (χ0n) is 11.9. The van der Waals surface area contributed by atoms with Crippen LogP contribution in [0.1, 0.15) is 18.1 Å². The van der Waals surface area contributed by atoms with Gasteiger partial charge in [0.25, 0.3) is 0 Å². The van der Waals surface area contributed by atoms with Crippen molar-refractivity contribution in [3.8, 4) is 5.75 Å². The van der Waals surface area contributed by atoms with Crippen LogP contribution in [0.2, 0.25) is 0 Å². The summed E-state index contributed by atoms with van der Waals surface area (Å²) in [6.07, 6.45) is 0. The average Bonchev–Trinajstić information content (AvgIpc) is 2.34. The third-order valence-corrected chi connectivity index (χ3v) is 3.04. The van der Waals surface area contributed by atoms with Gasteiger partial charge in [0.05, 0.1) is 12.8 Å². The van der Waals surface area contributed by atoms with Crippen molar-refractivity contribution in [2.24, 2.45) is 5.92 Å². The number of hydrogen-bond acceptors (Lipinski definition) is 3. The van der Waals surface area contributed by atoms with Crippen LogP contribution in [0.15, 0.2) is 12.1 Å². The molecule has 0 heterocycles. The van der Waals surface area contributed by atoms with Crippen molar-refractivity contribution in [1.29, 1.82) is 0 Å². The predicted octanol–water partition coefficient (Wildman–Crippen LogP) is 2.00. The third-order valence-electron chi connectivity index (χ3n) is 3.04. The summed E-state index contributed by atoms with van der Waals surface area (Å²) in [6.45, 7) is 5.16. The minimum atomic E-state index is -1.14. The molecule has 1 atom stereocenters. The minimum absolute atomic E-state index is 0.474. The topological polar surface area (TPSA) is 66.8 Å². The summed E-state index contributed by atoms with van der Waals surface area (Å²) in [5.74, 6) is -2.14. The summed E-state index contributed by atoms with van der Waals surface area (Å²) in [5.41, 5.74) is 2.49. The first kappa shape index (κ1) is 15.0. The molecule has 1 N–H and O–H groups in total. The molecule has 0 saturated heterocycles. The lowest BCUT2D eigenvalue weighted by Gasteiger charge is -2.24. The number of rotatable bonds is 4. The van der Waals surface area contributed by atoms with Crippen LogP contribution in [0, 0.1) is 19.8 Å². The van der Waals surface area contributed by atoms with Crippen LogP contribution in [0.25, 0.3) is 0 Å². The first-order valence-electron chi connectivity index (χ1n) is 5.95. The molecule has 0 radical (unpaired) electrons. The molecule has 1 unspecified atom stereocenters. The van der Waals surface area contributed by atoms with Gasteiger partial charge in [0, 0.05) is 7.05 Å². The van der Waals surface area contributed by atoms with E-state index < -0.39 is 17.8 Å². The summed E-state index contributed by atoms with van der Waals surface area (Å²) in [4.78, 5) is 24.3. The van der Waals surface area contributed by atoms with Gasteiger partial charge in [-0.15, -0.1) is 0 Å². The number of carbonyl (C=O) groups is 2. The summed E-state index contributed by atoms with van der Waals surface area (Å²) >= 11 is 0. The van der Waals surface area contributed by atoms with Crippen molar-refractivity contribution in [3.05, 3.63) is 23.3 Å². The van der Waals surface area contributed by atoms with Gasteiger partial charge in [-0.05, 0) is 38.0 Å². The van der Waals surface area contributed by atoms with Gasteiger partial charge in [-0.25, -0.2) is 0 Å². The number of methoxy groups -OCH3 is 1. The Morgan fingerprint density at radius 1 is 1.32 bits per heavy atom. The largest absolute Gasteiger partial charge is 0.495 e. The highest BCUT2D eigenvalue weighted by atomic mass is 16.5. The fraction of sp³-hybridized carbons (Fsp3) is 0.429. The van der Waals surface area contributed by atoms with E-state index in [2.05, 4.69) is 0 Å². The van der Waals surface area contributed by atoms with Crippen molar-refractivity contribution in [3.63, 3.8) is 0 Å². The zero-order chi connectivity index (χ0) is 14.7. The lowest BCUT2D eigenvalue weighted by molar-refractivity contribution is -0.145. The normalized spacial score (nSPS) is 11.8. The summed E-state index contributed by atoms with van der Waals surface area (Å²) in [5, 5.41) is 8.91. The molecule has 19 heavy (non-hydrogen) atoms. The van der Waals surface area contributed by atoms with E-state index in [0.717, 1.165) is 11.1 Å². The zero-order valence-corrected chi connectivity index (χ0v) is 11.9. The second-order valence-corrected chi connectivity index (χ2v) is 4.59. The van der Waals surface area contributed by atoms with E-state index in [4.69, 9.17) is 9.84 Å². The molecule has 5 heteroatoms. The molecule has 0 bridgehead atoms. The number of carbonyl (C=O) groups excluding carboxylic acids is 1. The lowest BCUT2D eigenvalue weighted by atomic mass is 10.1. The van der Waals surface area contributed by atoms with Gasteiger partial charge in [0.1, 0.15) is 11.7 Å². The fourth-order valence-corrected chi connectivity index (χ4v) is 2.01. The molecule has 0 aliphatic heterocycles. The Bertz CT molecular complexity index is 510. The Kier molecular flexibility index (Phi) is 4.53. The number of aliphatic carboxylic acids is 1. The Labute approximate surface area is 112 Å². The van der Waals surface area contributed by atoms with Crippen LogP contribution in [0.3, 0.4) is 0 Å². The minimum Gasteiger partial charge on any atom is -0.495 e. The molecule has 0 aliphatic carbocycles. The highest BCUT2D eigenvalue weighted by Crippen LogP contribution is 2.33. The van der Waals surface area contributed by atoms with Crippen LogP contribution in [0.5, 0.6) is 5.75 Å². The number of carboxylic acids is 1. The van der Waals surface area contributed by atoms with Crippen LogP contribution >= 0.6 is 0 Å². The number of nitrogens with zero attached hydrogens (tertiary/aromatic N) is 1. The number of anilines is 1. The molecule has 1 aromatic carbocycles. The van der Waals surface area contributed by atoms with Crippen LogP contribution in [-0.4, -0.2) is 31.1 Å². The van der Waals surface area contributed by atoms with Crippen molar-refractivity contribution in [2.45, 2.75) is 20.8 Å². The van der Waals surface area contributed by atoms with Gasteiger partial charge in [-0.2, -0.15) is 0 Å². The molecular formula is C14H19NO4. The number of carboxylic acid groups (broad SMARTS) is 1. The number of benzene rings is 1. The predicted molar refractivity (Wildman–Crippen MR) is 72.7 cm³/mol. The van der Waals surface area contributed by atoms with Crippen LogP contribution in [0.4, 0.5) is 5.69 Å². The first-order valence-corrected chi connectivity index (χ1v) is 5.95. The van der Waals surface area contributed by atoms with Crippen molar-refractivity contribution in [2.75, 3.05) is 19.1 Å². The Morgan fingerprint density at radius 2 is 1.89 bits per heavy atom. The molecule has 1 aromatic rings. The molecule has 0 fully saturated rings. The summed E-state index contributed by atoms with van der Waals surface area (Å²) in [7, 11) is 3.08. The Hall–Kier alpha value is -2.04. The van der Waals surface area contributed by atoms with Crippen LogP contribution < -0.4 is 9.64 Å².